The van der Waals surface area contributed by atoms with Gasteiger partial charge in [0.1, 0.15) is 11.5 Å². The predicted octanol–water partition coefficient (Wildman–Crippen LogP) is 1.59. The van der Waals surface area contributed by atoms with Gasteiger partial charge in [0.2, 0.25) is 0 Å². The highest BCUT2D eigenvalue weighted by molar-refractivity contribution is 5.40. The van der Waals surface area contributed by atoms with E-state index in [9.17, 15) is 0 Å². The van der Waals surface area contributed by atoms with Crippen LogP contribution in [0.25, 0.3) is 0 Å². The molecule has 0 heterocycles. The van der Waals surface area contributed by atoms with Gasteiger partial charge in [0.25, 0.3) is 0 Å². The lowest BCUT2D eigenvalue weighted by Gasteiger charge is -2.08. The summed E-state index contributed by atoms with van der Waals surface area (Å²) in [6.45, 7) is 2.53. The van der Waals surface area contributed by atoms with E-state index in [1.54, 1.807) is 19.2 Å². The molecule has 0 saturated heterocycles. The minimum Gasteiger partial charge on any atom is -0.496 e. The third kappa shape index (κ3) is 2.36. The first kappa shape index (κ1) is 9.86. The molecule has 0 unspecified atom stereocenters. The van der Waals surface area contributed by atoms with Crippen LogP contribution in [0.4, 0.5) is 0 Å². The SMILES string of the molecule is CCOc1ccc(CO)c(OC)c1. The number of rotatable bonds is 4. The lowest BCUT2D eigenvalue weighted by molar-refractivity contribution is 0.272. The van der Waals surface area contributed by atoms with Crippen molar-refractivity contribution >= 4 is 0 Å². The maximum Gasteiger partial charge on any atom is 0.128 e. The van der Waals surface area contributed by atoms with E-state index in [2.05, 4.69) is 0 Å². The highest BCUT2D eigenvalue weighted by Gasteiger charge is 2.02. The van der Waals surface area contributed by atoms with E-state index in [4.69, 9.17) is 14.6 Å². The summed E-state index contributed by atoms with van der Waals surface area (Å²) in [5.41, 5.74) is 0.769. The van der Waals surface area contributed by atoms with Crippen LogP contribution in [0.15, 0.2) is 18.2 Å². The highest BCUT2D eigenvalue weighted by Crippen LogP contribution is 2.24. The average molecular weight is 182 g/mol. The first-order valence-corrected chi connectivity index (χ1v) is 4.22. The van der Waals surface area contributed by atoms with Crippen molar-refractivity contribution in [2.45, 2.75) is 13.5 Å². The van der Waals surface area contributed by atoms with Crippen molar-refractivity contribution in [1.82, 2.24) is 0 Å². The first-order valence-electron chi connectivity index (χ1n) is 4.22. The lowest BCUT2D eigenvalue weighted by Crippen LogP contribution is -1.95. The zero-order valence-electron chi connectivity index (χ0n) is 7.91. The molecule has 3 nitrogen and oxygen atoms in total. The summed E-state index contributed by atoms with van der Waals surface area (Å²) in [5.74, 6) is 1.42. The molecule has 0 aliphatic heterocycles. The topological polar surface area (TPSA) is 38.7 Å². The van der Waals surface area contributed by atoms with Gasteiger partial charge in [0, 0.05) is 11.6 Å². The number of aliphatic hydroxyl groups is 1. The molecule has 1 rings (SSSR count). The van der Waals surface area contributed by atoms with Crippen molar-refractivity contribution in [2.24, 2.45) is 0 Å². The molecular formula is C10H14O3. The molecule has 13 heavy (non-hydrogen) atoms. The monoisotopic (exact) mass is 182 g/mol. The maximum atomic E-state index is 8.95. The Morgan fingerprint density at radius 3 is 2.69 bits per heavy atom. The van der Waals surface area contributed by atoms with Crippen LogP contribution >= 0.6 is 0 Å². The van der Waals surface area contributed by atoms with Crippen molar-refractivity contribution in [3.05, 3.63) is 23.8 Å². The van der Waals surface area contributed by atoms with Gasteiger partial charge >= 0.3 is 0 Å². The van der Waals surface area contributed by atoms with Gasteiger partial charge in [-0.3, -0.25) is 0 Å². The van der Waals surface area contributed by atoms with Crippen LogP contribution in [0.5, 0.6) is 11.5 Å². The molecule has 0 aliphatic rings. The molecule has 1 N–H and O–H groups in total. The van der Waals surface area contributed by atoms with E-state index < -0.39 is 0 Å². The van der Waals surface area contributed by atoms with E-state index in [0.29, 0.717) is 12.4 Å². The third-order valence-electron chi connectivity index (χ3n) is 1.74. The summed E-state index contributed by atoms with van der Waals surface area (Å²) in [7, 11) is 1.57. The second-order valence-corrected chi connectivity index (χ2v) is 2.56. The highest BCUT2D eigenvalue weighted by atomic mass is 16.5. The Balaban J connectivity index is 2.91. The minimum atomic E-state index is -0.0183. The standard InChI is InChI=1S/C10H14O3/c1-3-13-9-5-4-8(7-11)10(6-9)12-2/h4-6,11H,3,7H2,1-2H3. The van der Waals surface area contributed by atoms with Crippen LogP contribution in [0.3, 0.4) is 0 Å². The maximum absolute atomic E-state index is 8.95. The normalized spacial score (nSPS) is 9.77. The van der Waals surface area contributed by atoms with Gasteiger partial charge in [-0.2, -0.15) is 0 Å². The zero-order valence-corrected chi connectivity index (χ0v) is 7.91. The van der Waals surface area contributed by atoms with Gasteiger partial charge in [0.15, 0.2) is 0 Å². The molecule has 1 aromatic rings. The molecule has 3 heteroatoms. The number of hydrogen-bond acceptors (Lipinski definition) is 3. The molecule has 0 amide bonds. The van der Waals surface area contributed by atoms with Crippen molar-refractivity contribution in [3.63, 3.8) is 0 Å². The molecule has 1 aromatic carbocycles. The molecule has 0 fully saturated rings. The second kappa shape index (κ2) is 4.72. The van der Waals surface area contributed by atoms with Crippen LogP contribution in [-0.2, 0) is 6.61 Å². The first-order chi connectivity index (χ1) is 6.31. The summed E-state index contributed by atoms with van der Waals surface area (Å²) < 4.78 is 10.4. The van der Waals surface area contributed by atoms with E-state index in [0.717, 1.165) is 11.3 Å². The predicted molar refractivity (Wildman–Crippen MR) is 50.1 cm³/mol. The number of methoxy groups -OCH3 is 1. The van der Waals surface area contributed by atoms with Crippen LogP contribution in [-0.4, -0.2) is 18.8 Å². The molecule has 0 bridgehead atoms. The number of hydrogen-bond donors (Lipinski definition) is 1. The van der Waals surface area contributed by atoms with Crippen LogP contribution in [0, 0.1) is 0 Å². The van der Waals surface area contributed by atoms with E-state index in [-0.39, 0.29) is 6.61 Å². The van der Waals surface area contributed by atoms with Crippen LogP contribution < -0.4 is 9.47 Å². The molecule has 0 spiro atoms. The molecular weight excluding hydrogens is 168 g/mol. The van der Waals surface area contributed by atoms with E-state index in [1.807, 2.05) is 13.0 Å². The molecule has 0 radical (unpaired) electrons. The summed E-state index contributed by atoms with van der Waals surface area (Å²) in [4.78, 5) is 0. The Bertz CT molecular complexity index is 271. The number of benzene rings is 1. The molecule has 0 aliphatic carbocycles. The van der Waals surface area contributed by atoms with Gasteiger partial charge in [-0.1, -0.05) is 0 Å². The Kier molecular flexibility index (Phi) is 3.58. The quantitative estimate of drug-likeness (QED) is 0.768. The Morgan fingerprint density at radius 2 is 2.15 bits per heavy atom. The van der Waals surface area contributed by atoms with Crippen molar-refractivity contribution < 1.29 is 14.6 Å². The van der Waals surface area contributed by atoms with Crippen molar-refractivity contribution in [2.75, 3.05) is 13.7 Å². The van der Waals surface area contributed by atoms with Crippen molar-refractivity contribution in [1.29, 1.82) is 0 Å². The van der Waals surface area contributed by atoms with E-state index in [1.165, 1.54) is 0 Å². The van der Waals surface area contributed by atoms with Gasteiger partial charge < -0.3 is 14.6 Å². The van der Waals surface area contributed by atoms with Gasteiger partial charge in [-0.05, 0) is 19.1 Å². The lowest BCUT2D eigenvalue weighted by atomic mass is 10.2. The fraction of sp³-hybridized carbons (Fsp3) is 0.400. The van der Waals surface area contributed by atoms with Crippen LogP contribution in [0.2, 0.25) is 0 Å². The van der Waals surface area contributed by atoms with Gasteiger partial charge in [-0.15, -0.1) is 0 Å². The summed E-state index contributed by atoms with van der Waals surface area (Å²) >= 11 is 0. The minimum absolute atomic E-state index is 0.0183. The zero-order chi connectivity index (χ0) is 9.68. The summed E-state index contributed by atoms with van der Waals surface area (Å²) in [6, 6.07) is 5.39. The smallest absolute Gasteiger partial charge is 0.128 e. The second-order valence-electron chi connectivity index (χ2n) is 2.56. The fourth-order valence-electron chi connectivity index (χ4n) is 1.11. The Hall–Kier alpha value is -1.22. The summed E-state index contributed by atoms with van der Waals surface area (Å²) in [5, 5.41) is 8.95. The number of ether oxygens (including phenoxy) is 2. The third-order valence-corrected chi connectivity index (χ3v) is 1.74. The van der Waals surface area contributed by atoms with Crippen molar-refractivity contribution in [3.8, 4) is 11.5 Å². The Labute approximate surface area is 77.9 Å². The Morgan fingerprint density at radius 1 is 1.38 bits per heavy atom. The van der Waals surface area contributed by atoms with Crippen LogP contribution in [0.1, 0.15) is 12.5 Å². The fourth-order valence-corrected chi connectivity index (χ4v) is 1.11. The molecule has 0 aromatic heterocycles. The summed E-state index contributed by atoms with van der Waals surface area (Å²) in [6.07, 6.45) is 0. The van der Waals surface area contributed by atoms with E-state index >= 15 is 0 Å². The van der Waals surface area contributed by atoms with Gasteiger partial charge in [-0.25, -0.2) is 0 Å². The molecule has 72 valence electrons. The average Bonchev–Trinajstić information content (AvgIpc) is 2.18. The molecule has 0 saturated carbocycles. The number of aliphatic hydroxyl groups excluding tert-OH is 1. The molecule has 0 atom stereocenters. The van der Waals surface area contributed by atoms with Gasteiger partial charge in [0.05, 0.1) is 20.3 Å². The largest absolute Gasteiger partial charge is 0.496 e.